The molecule has 0 amide bonds. The summed E-state index contributed by atoms with van der Waals surface area (Å²) >= 11 is 0. The maximum absolute atomic E-state index is 10.5. The van der Waals surface area contributed by atoms with Crippen molar-refractivity contribution in [3.63, 3.8) is 0 Å². The van der Waals surface area contributed by atoms with Gasteiger partial charge in [-0.2, -0.15) is 0 Å². The first-order valence-corrected chi connectivity index (χ1v) is 6.03. The molecular weight excluding hydrogens is 214 g/mol. The smallest absolute Gasteiger partial charge is 0.110 e. The highest BCUT2D eigenvalue weighted by Gasteiger charge is 2.14. The molecule has 1 saturated heterocycles. The normalized spacial score (nSPS) is 18.2. The van der Waals surface area contributed by atoms with Crippen molar-refractivity contribution < 1.29 is 0 Å². The quantitative estimate of drug-likeness (QED) is 0.750. The third-order valence-electron chi connectivity index (χ3n) is 3.36. The summed E-state index contributed by atoms with van der Waals surface area (Å²) in [5.74, 6) is 0. The Bertz CT molecular complexity index is 398. The number of rotatable bonds is 3. The number of benzene rings is 1. The molecule has 1 aromatic carbocycles. The first-order valence-electron chi connectivity index (χ1n) is 6.03. The Balaban J connectivity index is 1.99. The fourth-order valence-corrected chi connectivity index (χ4v) is 2.18. The highest BCUT2D eigenvalue weighted by atomic mass is 16.3. The second kappa shape index (κ2) is 5.38. The molecule has 0 aliphatic carbocycles. The van der Waals surface area contributed by atoms with Crippen LogP contribution in [0.3, 0.4) is 0 Å². The van der Waals surface area contributed by atoms with E-state index in [0.717, 1.165) is 38.3 Å². The van der Waals surface area contributed by atoms with Crippen LogP contribution in [0.2, 0.25) is 0 Å². The average Bonchev–Trinajstić information content (AvgIpc) is 2.32. The lowest BCUT2D eigenvalue weighted by atomic mass is 10.1. The van der Waals surface area contributed by atoms with Gasteiger partial charge in [-0.3, -0.25) is 4.90 Å². The molecule has 0 unspecified atom stereocenters. The zero-order chi connectivity index (χ0) is 12.3. The molecule has 1 aromatic rings. The van der Waals surface area contributed by atoms with Crippen molar-refractivity contribution in [2.75, 3.05) is 33.2 Å². The fourth-order valence-electron chi connectivity index (χ4n) is 2.18. The second-order valence-corrected chi connectivity index (χ2v) is 4.79. The molecule has 0 atom stereocenters. The molecule has 0 N–H and O–H groups in total. The Hall–Kier alpha value is -1.26. The van der Waals surface area contributed by atoms with Crippen molar-refractivity contribution in [3.05, 3.63) is 34.2 Å². The van der Waals surface area contributed by atoms with Crippen molar-refractivity contribution in [2.24, 2.45) is 5.18 Å². The van der Waals surface area contributed by atoms with Crippen molar-refractivity contribution in [2.45, 2.75) is 13.5 Å². The molecule has 1 aliphatic rings. The van der Waals surface area contributed by atoms with E-state index in [1.807, 2.05) is 19.1 Å². The van der Waals surface area contributed by atoms with E-state index in [4.69, 9.17) is 0 Å². The van der Waals surface area contributed by atoms with Gasteiger partial charge in [-0.25, -0.2) is 0 Å². The molecule has 17 heavy (non-hydrogen) atoms. The van der Waals surface area contributed by atoms with Gasteiger partial charge < -0.3 is 4.90 Å². The maximum Gasteiger partial charge on any atom is 0.110 e. The highest BCUT2D eigenvalue weighted by molar-refractivity contribution is 5.46. The lowest BCUT2D eigenvalue weighted by molar-refractivity contribution is 0.148. The van der Waals surface area contributed by atoms with Crippen LogP contribution in [-0.4, -0.2) is 43.0 Å². The van der Waals surface area contributed by atoms with E-state index in [2.05, 4.69) is 28.1 Å². The number of aryl methyl sites for hydroxylation is 1. The number of nitrogens with zero attached hydrogens (tertiary/aromatic N) is 3. The molecule has 0 bridgehead atoms. The summed E-state index contributed by atoms with van der Waals surface area (Å²) in [5.41, 5.74) is 2.78. The van der Waals surface area contributed by atoms with Crippen LogP contribution in [0.4, 0.5) is 5.69 Å². The molecule has 0 spiro atoms. The number of piperazine rings is 1. The Morgan fingerprint density at radius 3 is 2.53 bits per heavy atom. The van der Waals surface area contributed by atoms with Crippen LogP contribution in [-0.2, 0) is 6.54 Å². The third kappa shape index (κ3) is 3.11. The van der Waals surface area contributed by atoms with Crippen LogP contribution in [0.15, 0.2) is 23.4 Å². The van der Waals surface area contributed by atoms with Crippen molar-refractivity contribution >= 4 is 5.69 Å². The summed E-state index contributed by atoms with van der Waals surface area (Å²) in [6, 6.07) is 5.88. The van der Waals surface area contributed by atoms with Gasteiger partial charge in [0.1, 0.15) is 5.69 Å². The van der Waals surface area contributed by atoms with E-state index >= 15 is 0 Å². The molecule has 1 aliphatic heterocycles. The van der Waals surface area contributed by atoms with E-state index in [9.17, 15) is 4.91 Å². The van der Waals surface area contributed by atoms with Gasteiger partial charge in [0, 0.05) is 32.7 Å². The molecule has 0 saturated carbocycles. The van der Waals surface area contributed by atoms with Gasteiger partial charge in [0.2, 0.25) is 0 Å². The summed E-state index contributed by atoms with van der Waals surface area (Å²) in [7, 11) is 2.16. The fraction of sp³-hybridized carbons (Fsp3) is 0.538. The van der Waals surface area contributed by atoms with E-state index < -0.39 is 0 Å². The summed E-state index contributed by atoms with van der Waals surface area (Å²) in [5, 5.41) is 3.00. The van der Waals surface area contributed by atoms with Gasteiger partial charge in [-0.05, 0) is 36.3 Å². The molecule has 1 heterocycles. The number of hydrogen-bond acceptors (Lipinski definition) is 4. The largest absolute Gasteiger partial charge is 0.304 e. The van der Waals surface area contributed by atoms with E-state index in [1.165, 1.54) is 5.56 Å². The molecule has 4 nitrogen and oxygen atoms in total. The van der Waals surface area contributed by atoms with Gasteiger partial charge in [0.25, 0.3) is 0 Å². The minimum absolute atomic E-state index is 0.548. The monoisotopic (exact) mass is 233 g/mol. The summed E-state index contributed by atoms with van der Waals surface area (Å²) in [6.45, 7) is 7.39. The summed E-state index contributed by atoms with van der Waals surface area (Å²) < 4.78 is 0. The SMILES string of the molecule is Cc1cc(CN2CCN(C)CC2)ccc1N=O. The second-order valence-electron chi connectivity index (χ2n) is 4.79. The Labute approximate surface area is 102 Å². The van der Waals surface area contributed by atoms with Crippen molar-refractivity contribution in [3.8, 4) is 0 Å². The summed E-state index contributed by atoms with van der Waals surface area (Å²) in [4.78, 5) is 15.3. The van der Waals surface area contributed by atoms with E-state index in [0.29, 0.717) is 5.69 Å². The van der Waals surface area contributed by atoms with Gasteiger partial charge in [0.05, 0.1) is 0 Å². The average molecular weight is 233 g/mol. The van der Waals surface area contributed by atoms with Crippen LogP contribution >= 0.6 is 0 Å². The van der Waals surface area contributed by atoms with Crippen LogP contribution in [0.25, 0.3) is 0 Å². The number of hydrogen-bond donors (Lipinski definition) is 0. The van der Waals surface area contributed by atoms with Crippen LogP contribution in [0.5, 0.6) is 0 Å². The first kappa shape index (κ1) is 12.2. The van der Waals surface area contributed by atoms with Crippen LogP contribution in [0, 0.1) is 11.8 Å². The molecular formula is C13H19N3O. The van der Waals surface area contributed by atoms with Gasteiger partial charge in [0.15, 0.2) is 0 Å². The predicted molar refractivity (Wildman–Crippen MR) is 69.4 cm³/mol. The Kier molecular flexibility index (Phi) is 3.86. The molecule has 2 rings (SSSR count). The van der Waals surface area contributed by atoms with Crippen molar-refractivity contribution in [1.29, 1.82) is 0 Å². The lowest BCUT2D eigenvalue weighted by Crippen LogP contribution is -2.43. The molecule has 1 fully saturated rings. The predicted octanol–water partition coefficient (Wildman–Crippen LogP) is 2.14. The molecule has 0 aromatic heterocycles. The standard InChI is InChI=1S/C13H19N3O/c1-11-9-12(3-4-13(11)14-17)10-16-7-5-15(2)6-8-16/h3-4,9H,5-8,10H2,1-2H3. The van der Waals surface area contributed by atoms with Crippen LogP contribution < -0.4 is 0 Å². The third-order valence-corrected chi connectivity index (χ3v) is 3.36. The zero-order valence-electron chi connectivity index (χ0n) is 10.5. The van der Waals surface area contributed by atoms with Gasteiger partial charge in [-0.1, -0.05) is 12.1 Å². The Morgan fingerprint density at radius 1 is 1.24 bits per heavy atom. The minimum Gasteiger partial charge on any atom is -0.304 e. The van der Waals surface area contributed by atoms with Gasteiger partial charge >= 0.3 is 0 Å². The van der Waals surface area contributed by atoms with Crippen molar-refractivity contribution in [1.82, 2.24) is 9.80 Å². The summed E-state index contributed by atoms with van der Waals surface area (Å²) in [6.07, 6.45) is 0. The lowest BCUT2D eigenvalue weighted by Gasteiger charge is -2.32. The zero-order valence-corrected chi connectivity index (χ0v) is 10.5. The van der Waals surface area contributed by atoms with E-state index in [1.54, 1.807) is 0 Å². The number of nitroso groups, excluding NO2 is 1. The highest BCUT2D eigenvalue weighted by Crippen LogP contribution is 2.20. The Morgan fingerprint density at radius 2 is 1.94 bits per heavy atom. The van der Waals surface area contributed by atoms with E-state index in [-0.39, 0.29) is 0 Å². The molecule has 0 radical (unpaired) electrons. The number of likely N-dealkylation sites (N-methyl/N-ethyl adjacent to an activating group) is 1. The first-order chi connectivity index (χ1) is 8.19. The van der Waals surface area contributed by atoms with Gasteiger partial charge in [-0.15, -0.1) is 4.91 Å². The minimum atomic E-state index is 0.548. The maximum atomic E-state index is 10.5. The topological polar surface area (TPSA) is 35.9 Å². The van der Waals surface area contributed by atoms with Crippen LogP contribution in [0.1, 0.15) is 11.1 Å². The molecule has 4 heteroatoms. The molecule has 92 valence electrons.